The van der Waals surface area contributed by atoms with Gasteiger partial charge in [-0.1, -0.05) is 18.2 Å². The molecule has 3 aromatic rings. The third-order valence-electron chi connectivity index (χ3n) is 5.74. The molecule has 1 aromatic carbocycles. The van der Waals surface area contributed by atoms with E-state index in [0.29, 0.717) is 0 Å². The number of aromatic amines is 1. The molecule has 0 spiro atoms. The standard InChI is InChI=1S/C21H24N4OS/c26-20-19-16-8-4-5-9-17(16)27-21(19)23-18(22-20)14-24-10-12-25(13-11-24)15-6-2-1-3-7-15/h1-3,6-7H,4-5,8-14H2,(H,22,23,26). The summed E-state index contributed by atoms with van der Waals surface area (Å²) in [7, 11) is 0. The van der Waals surface area contributed by atoms with Crippen molar-refractivity contribution in [2.75, 3.05) is 31.1 Å². The number of benzene rings is 1. The number of nitrogens with zero attached hydrogens (tertiary/aromatic N) is 3. The Morgan fingerprint density at radius 2 is 1.81 bits per heavy atom. The van der Waals surface area contributed by atoms with Crippen LogP contribution in [-0.4, -0.2) is 41.0 Å². The summed E-state index contributed by atoms with van der Waals surface area (Å²) >= 11 is 1.73. The Bertz CT molecular complexity index is 1000. The first-order chi connectivity index (χ1) is 13.3. The summed E-state index contributed by atoms with van der Waals surface area (Å²) in [6, 6.07) is 10.6. The fourth-order valence-corrected chi connectivity index (χ4v) is 5.58. The first-order valence-electron chi connectivity index (χ1n) is 9.84. The molecule has 0 atom stereocenters. The molecule has 27 heavy (non-hydrogen) atoms. The normalized spacial score (nSPS) is 18.0. The number of rotatable bonds is 3. The zero-order valence-corrected chi connectivity index (χ0v) is 16.2. The smallest absolute Gasteiger partial charge is 0.259 e. The summed E-state index contributed by atoms with van der Waals surface area (Å²) in [6.45, 7) is 4.69. The van der Waals surface area contributed by atoms with Crippen molar-refractivity contribution in [2.24, 2.45) is 0 Å². The second-order valence-corrected chi connectivity index (χ2v) is 8.59. The van der Waals surface area contributed by atoms with Crippen LogP contribution in [0.25, 0.3) is 10.2 Å². The lowest BCUT2D eigenvalue weighted by molar-refractivity contribution is 0.244. The number of aryl methyl sites for hydroxylation is 2. The molecule has 0 unspecified atom stereocenters. The van der Waals surface area contributed by atoms with Crippen molar-refractivity contribution in [3.8, 4) is 0 Å². The Hall–Kier alpha value is -2.18. The third-order valence-corrected chi connectivity index (χ3v) is 6.93. The first-order valence-corrected chi connectivity index (χ1v) is 10.7. The number of nitrogens with one attached hydrogen (secondary N) is 1. The predicted molar refractivity (Wildman–Crippen MR) is 111 cm³/mol. The van der Waals surface area contributed by atoms with E-state index >= 15 is 0 Å². The average molecular weight is 381 g/mol. The van der Waals surface area contributed by atoms with Gasteiger partial charge in [0.15, 0.2) is 0 Å². The zero-order chi connectivity index (χ0) is 18.2. The van der Waals surface area contributed by atoms with Gasteiger partial charge in [-0.3, -0.25) is 9.69 Å². The molecule has 1 aliphatic heterocycles. The molecule has 1 fully saturated rings. The van der Waals surface area contributed by atoms with E-state index in [1.54, 1.807) is 11.3 Å². The van der Waals surface area contributed by atoms with Crippen molar-refractivity contribution >= 4 is 27.2 Å². The molecule has 1 aliphatic carbocycles. The topological polar surface area (TPSA) is 52.2 Å². The van der Waals surface area contributed by atoms with E-state index < -0.39 is 0 Å². The monoisotopic (exact) mass is 380 g/mol. The highest BCUT2D eigenvalue weighted by Gasteiger charge is 2.21. The van der Waals surface area contributed by atoms with Crippen LogP contribution in [0, 0.1) is 0 Å². The van der Waals surface area contributed by atoms with E-state index in [0.717, 1.165) is 61.6 Å². The fraction of sp³-hybridized carbons (Fsp3) is 0.429. The van der Waals surface area contributed by atoms with E-state index in [9.17, 15) is 4.79 Å². The minimum Gasteiger partial charge on any atom is -0.369 e. The number of anilines is 1. The van der Waals surface area contributed by atoms with E-state index in [1.165, 1.54) is 29.0 Å². The molecule has 2 aliphatic rings. The van der Waals surface area contributed by atoms with E-state index in [4.69, 9.17) is 4.98 Å². The van der Waals surface area contributed by atoms with Gasteiger partial charge in [0.25, 0.3) is 5.56 Å². The lowest BCUT2D eigenvalue weighted by atomic mass is 9.97. The van der Waals surface area contributed by atoms with Gasteiger partial charge in [-0.05, 0) is 43.4 Å². The van der Waals surface area contributed by atoms with Gasteiger partial charge in [-0.2, -0.15) is 0 Å². The number of aromatic nitrogens is 2. The van der Waals surface area contributed by atoms with Gasteiger partial charge in [-0.15, -0.1) is 11.3 Å². The van der Waals surface area contributed by atoms with Gasteiger partial charge in [0.2, 0.25) is 0 Å². The largest absolute Gasteiger partial charge is 0.369 e. The summed E-state index contributed by atoms with van der Waals surface area (Å²) in [5.41, 5.74) is 2.60. The zero-order valence-electron chi connectivity index (χ0n) is 15.4. The Kier molecular flexibility index (Phi) is 4.45. The van der Waals surface area contributed by atoms with Crippen LogP contribution in [0.2, 0.25) is 0 Å². The number of fused-ring (bicyclic) bond motifs is 3. The first kappa shape index (κ1) is 17.0. The highest BCUT2D eigenvalue weighted by atomic mass is 32.1. The van der Waals surface area contributed by atoms with Crippen molar-refractivity contribution < 1.29 is 0 Å². The van der Waals surface area contributed by atoms with Gasteiger partial charge in [0.05, 0.1) is 11.9 Å². The van der Waals surface area contributed by atoms with E-state index in [-0.39, 0.29) is 5.56 Å². The van der Waals surface area contributed by atoms with Crippen molar-refractivity contribution in [3.05, 3.63) is 57.0 Å². The van der Waals surface area contributed by atoms with Gasteiger partial charge >= 0.3 is 0 Å². The highest BCUT2D eigenvalue weighted by molar-refractivity contribution is 7.18. The molecule has 0 radical (unpaired) electrons. The summed E-state index contributed by atoms with van der Waals surface area (Å²) < 4.78 is 0. The quantitative estimate of drug-likeness (QED) is 0.758. The molecule has 3 heterocycles. The van der Waals surface area contributed by atoms with Gasteiger partial charge in [-0.25, -0.2) is 4.98 Å². The summed E-state index contributed by atoms with van der Waals surface area (Å²) in [5, 5.41) is 0.854. The van der Waals surface area contributed by atoms with Crippen LogP contribution in [0.3, 0.4) is 0 Å². The maximum absolute atomic E-state index is 12.7. The maximum Gasteiger partial charge on any atom is 0.259 e. The average Bonchev–Trinajstić information content (AvgIpc) is 3.08. The second kappa shape index (κ2) is 7.09. The highest BCUT2D eigenvalue weighted by Crippen LogP contribution is 2.33. The Labute approximate surface area is 162 Å². The van der Waals surface area contributed by atoms with Crippen molar-refractivity contribution in [3.63, 3.8) is 0 Å². The van der Waals surface area contributed by atoms with E-state index in [2.05, 4.69) is 45.1 Å². The van der Waals surface area contributed by atoms with E-state index in [1.807, 2.05) is 0 Å². The Balaban J connectivity index is 1.32. The summed E-state index contributed by atoms with van der Waals surface area (Å²) in [5.74, 6) is 0.805. The molecule has 2 aromatic heterocycles. The number of para-hydroxylation sites is 1. The van der Waals surface area contributed by atoms with Crippen LogP contribution in [0.4, 0.5) is 5.69 Å². The van der Waals surface area contributed by atoms with Crippen LogP contribution in [0.15, 0.2) is 35.1 Å². The molecule has 0 saturated carbocycles. The van der Waals surface area contributed by atoms with Gasteiger partial charge in [0, 0.05) is 36.7 Å². The molecular formula is C21H24N4OS. The number of H-pyrrole nitrogens is 1. The predicted octanol–water partition coefficient (Wildman–Crippen LogP) is 3.19. The minimum atomic E-state index is 0.0531. The minimum absolute atomic E-state index is 0.0531. The van der Waals surface area contributed by atoms with Crippen LogP contribution in [-0.2, 0) is 19.4 Å². The molecule has 0 amide bonds. The number of piperazine rings is 1. The van der Waals surface area contributed by atoms with Crippen LogP contribution in [0.5, 0.6) is 0 Å². The third kappa shape index (κ3) is 3.28. The van der Waals surface area contributed by atoms with Crippen molar-refractivity contribution in [2.45, 2.75) is 32.2 Å². The lowest BCUT2D eigenvalue weighted by Gasteiger charge is -2.35. The second-order valence-electron chi connectivity index (χ2n) is 7.50. The summed E-state index contributed by atoms with van der Waals surface area (Å²) in [6.07, 6.45) is 4.55. The number of thiophene rings is 1. The number of hydrogen-bond acceptors (Lipinski definition) is 5. The van der Waals surface area contributed by atoms with Crippen LogP contribution in [0.1, 0.15) is 29.1 Å². The molecule has 1 saturated heterocycles. The molecule has 0 bridgehead atoms. The Morgan fingerprint density at radius 3 is 2.63 bits per heavy atom. The van der Waals surface area contributed by atoms with Crippen LogP contribution >= 0.6 is 11.3 Å². The molecule has 140 valence electrons. The lowest BCUT2D eigenvalue weighted by Crippen LogP contribution is -2.46. The van der Waals surface area contributed by atoms with Crippen LogP contribution < -0.4 is 10.5 Å². The Morgan fingerprint density at radius 1 is 1.04 bits per heavy atom. The van der Waals surface area contributed by atoms with Crippen molar-refractivity contribution in [1.82, 2.24) is 14.9 Å². The molecule has 1 N–H and O–H groups in total. The maximum atomic E-state index is 12.7. The van der Waals surface area contributed by atoms with Gasteiger partial charge < -0.3 is 9.88 Å². The molecule has 5 nitrogen and oxygen atoms in total. The number of hydrogen-bond donors (Lipinski definition) is 1. The molecule has 6 heteroatoms. The van der Waals surface area contributed by atoms with Gasteiger partial charge in [0.1, 0.15) is 10.7 Å². The summed E-state index contributed by atoms with van der Waals surface area (Å²) in [4.78, 5) is 27.7. The molecule has 5 rings (SSSR count). The molecular weight excluding hydrogens is 356 g/mol. The van der Waals surface area contributed by atoms with Crippen molar-refractivity contribution in [1.29, 1.82) is 0 Å². The SMILES string of the molecule is O=c1[nH]c(CN2CCN(c3ccccc3)CC2)nc2sc3c(c12)CCCC3. The fourth-order valence-electron chi connectivity index (χ4n) is 4.30.